The van der Waals surface area contributed by atoms with Gasteiger partial charge in [-0.05, 0) is 47.0 Å². The molecule has 2 rings (SSSR count). The second-order valence-electron chi connectivity index (χ2n) is 4.00. The minimum atomic E-state index is -0.917. The summed E-state index contributed by atoms with van der Waals surface area (Å²) in [5.74, 6) is -0.917. The fourth-order valence-corrected chi connectivity index (χ4v) is 3.37. The average molecular weight is 373 g/mol. The largest absolute Gasteiger partial charge is 0.478 e. The lowest BCUT2D eigenvalue weighted by Crippen LogP contribution is -2.06. The normalized spacial score (nSPS) is 10.9. The molecular weight excluding hydrogens is 362 g/mol. The Morgan fingerprint density at radius 1 is 1.39 bits per heavy atom. The average Bonchev–Trinajstić information content (AvgIpc) is 2.27. The predicted molar refractivity (Wildman–Crippen MR) is 78.2 cm³/mol. The van der Waals surface area contributed by atoms with E-state index in [2.05, 4.69) is 36.8 Å². The van der Waals surface area contributed by atoms with Gasteiger partial charge in [0.1, 0.15) is 0 Å². The Morgan fingerprint density at radius 2 is 2.06 bits per heavy atom. The highest BCUT2D eigenvalue weighted by molar-refractivity contribution is 9.11. The van der Waals surface area contributed by atoms with Crippen LogP contribution in [0.25, 0.3) is 10.9 Å². The Kier molecular flexibility index (Phi) is 3.73. The van der Waals surface area contributed by atoms with Crippen molar-refractivity contribution in [3.05, 3.63) is 37.9 Å². The van der Waals surface area contributed by atoms with Crippen LogP contribution in [0.1, 0.15) is 28.5 Å². The monoisotopic (exact) mass is 371 g/mol. The molecule has 0 saturated carbocycles. The Hall–Kier alpha value is -0.940. The molecule has 0 aliphatic heterocycles. The second-order valence-corrected chi connectivity index (χ2v) is 5.77. The summed E-state index contributed by atoms with van der Waals surface area (Å²) in [4.78, 5) is 16.0. The number of pyridine rings is 1. The number of halogens is 2. The summed E-state index contributed by atoms with van der Waals surface area (Å²) < 4.78 is 1.62. The summed E-state index contributed by atoms with van der Waals surface area (Å²) in [5.41, 5.74) is 2.59. The number of carboxylic acid groups (broad SMARTS) is 1. The smallest absolute Gasteiger partial charge is 0.336 e. The van der Waals surface area contributed by atoms with Crippen molar-refractivity contribution in [2.75, 3.05) is 0 Å². The maximum absolute atomic E-state index is 11.5. The van der Waals surface area contributed by atoms with E-state index in [9.17, 15) is 9.90 Å². The van der Waals surface area contributed by atoms with E-state index in [4.69, 9.17) is 0 Å². The van der Waals surface area contributed by atoms with Gasteiger partial charge in [-0.2, -0.15) is 0 Å². The quantitative estimate of drug-likeness (QED) is 0.853. The molecule has 0 fully saturated rings. The number of rotatable bonds is 2. The van der Waals surface area contributed by atoms with E-state index in [0.717, 1.165) is 20.2 Å². The zero-order chi connectivity index (χ0) is 13.4. The number of hydrogen-bond acceptors (Lipinski definition) is 2. The van der Waals surface area contributed by atoms with Gasteiger partial charge < -0.3 is 5.11 Å². The lowest BCUT2D eigenvalue weighted by atomic mass is 10.0. The molecule has 1 heterocycles. The summed E-state index contributed by atoms with van der Waals surface area (Å²) in [6, 6.07) is 3.67. The van der Waals surface area contributed by atoms with Gasteiger partial charge in [-0.3, -0.25) is 4.98 Å². The molecule has 0 radical (unpaired) electrons. The van der Waals surface area contributed by atoms with E-state index in [1.165, 1.54) is 0 Å². The molecule has 1 aromatic carbocycles. The number of nitrogens with zero attached hydrogens (tertiary/aromatic N) is 1. The highest BCUT2D eigenvalue weighted by Crippen LogP contribution is 2.32. The molecule has 5 heteroatoms. The van der Waals surface area contributed by atoms with Gasteiger partial charge in [-0.25, -0.2) is 4.79 Å². The Bertz CT molecular complexity index is 653. The zero-order valence-corrected chi connectivity index (χ0v) is 13.1. The van der Waals surface area contributed by atoms with Gasteiger partial charge in [-0.15, -0.1) is 0 Å². The fourth-order valence-electron chi connectivity index (χ4n) is 2.06. The Morgan fingerprint density at radius 3 is 2.61 bits per heavy atom. The standard InChI is InChI=1S/C13H11Br2NO2/c1-3-10-6(2)11(13(17)18)8-4-7(14)5-9(15)12(8)16-10/h4-5H,3H2,1-2H3,(H,17,18). The predicted octanol–water partition coefficient (Wildman–Crippen LogP) is 4.33. The molecule has 2 aromatic rings. The van der Waals surface area contributed by atoms with Gasteiger partial charge in [0.25, 0.3) is 0 Å². The first-order valence-electron chi connectivity index (χ1n) is 5.47. The first-order valence-corrected chi connectivity index (χ1v) is 7.05. The highest BCUT2D eigenvalue weighted by atomic mass is 79.9. The maximum atomic E-state index is 11.5. The number of aromatic nitrogens is 1. The number of benzene rings is 1. The van der Waals surface area contributed by atoms with Crippen molar-refractivity contribution in [2.24, 2.45) is 0 Å². The van der Waals surface area contributed by atoms with Crippen LogP contribution in [0, 0.1) is 6.92 Å². The molecule has 1 aromatic heterocycles. The van der Waals surface area contributed by atoms with Gasteiger partial charge in [0.05, 0.1) is 11.1 Å². The molecule has 18 heavy (non-hydrogen) atoms. The molecule has 0 aliphatic carbocycles. The Labute approximate surface area is 121 Å². The van der Waals surface area contributed by atoms with E-state index in [1.807, 2.05) is 19.9 Å². The van der Waals surface area contributed by atoms with Gasteiger partial charge in [0.2, 0.25) is 0 Å². The second kappa shape index (κ2) is 4.97. The Balaban J connectivity index is 3.00. The van der Waals surface area contributed by atoms with Crippen LogP contribution in [0.15, 0.2) is 21.1 Å². The minimum Gasteiger partial charge on any atom is -0.478 e. The molecule has 0 amide bonds. The molecule has 94 valence electrons. The summed E-state index contributed by atoms with van der Waals surface area (Å²) in [7, 11) is 0. The molecular formula is C13H11Br2NO2. The van der Waals surface area contributed by atoms with Crippen LogP contribution in [-0.2, 0) is 6.42 Å². The van der Waals surface area contributed by atoms with Gasteiger partial charge in [0.15, 0.2) is 0 Å². The number of aromatic carboxylic acids is 1. The molecule has 1 N–H and O–H groups in total. The van der Waals surface area contributed by atoms with Gasteiger partial charge in [0, 0.05) is 20.0 Å². The van der Waals surface area contributed by atoms with E-state index in [0.29, 0.717) is 22.9 Å². The van der Waals surface area contributed by atoms with Crippen molar-refractivity contribution < 1.29 is 9.90 Å². The van der Waals surface area contributed by atoms with Crippen molar-refractivity contribution in [1.29, 1.82) is 0 Å². The van der Waals surface area contributed by atoms with Crippen molar-refractivity contribution in [1.82, 2.24) is 4.98 Å². The summed E-state index contributed by atoms with van der Waals surface area (Å²) in [5, 5.41) is 10.1. The topological polar surface area (TPSA) is 50.2 Å². The van der Waals surface area contributed by atoms with Crippen LogP contribution in [0.4, 0.5) is 0 Å². The maximum Gasteiger partial charge on any atom is 0.336 e. The molecule has 0 saturated heterocycles. The molecule has 0 spiro atoms. The van der Waals surface area contributed by atoms with Crippen molar-refractivity contribution in [3.8, 4) is 0 Å². The van der Waals surface area contributed by atoms with Gasteiger partial charge in [-0.1, -0.05) is 22.9 Å². The number of hydrogen-bond donors (Lipinski definition) is 1. The molecule has 3 nitrogen and oxygen atoms in total. The lowest BCUT2D eigenvalue weighted by Gasteiger charge is -2.12. The molecule has 0 aliphatic rings. The molecule has 0 atom stereocenters. The van der Waals surface area contributed by atoms with Crippen LogP contribution in [-0.4, -0.2) is 16.1 Å². The number of carbonyl (C=O) groups is 1. The van der Waals surface area contributed by atoms with Crippen LogP contribution < -0.4 is 0 Å². The third-order valence-electron chi connectivity index (χ3n) is 2.90. The SMILES string of the molecule is CCc1nc2c(Br)cc(Br)cc2c(C(=O)O)c1C. The van der Waals surface area contributed by atoms with E-state index < -0.39 is 5.97 Å². The van der Waals surface area contributed by atoms with Crippen LogP contribution in [0.3, 0.4) is 0 Å². The first-order chi connectivity index (χ1) is 8.45. The van der Waals surface area contributed by atoms with Gasteiger partial charge >= 0.3 is 5.97 Å². The van der Waals surface area contributed by atoms with E-state index in [1.54, 1.807) is 6.07 Å². The fraction of sp³-hybridized carbons (Fsp3) is 0.231. The van der Waals surface area contributed by atoms with Crippen molar-refractivity contribution >= 4 is 48.7 Å². The highest BCUT2D eigenvalue weighted by Gasteiger charge is 2.18. The third kappa shape index (κ3) is 2.17. The third-order valence-corrected chi connectivity index (χ3v) is 3.96. The summed E-state index contributed by atoms with van der Waals surface area (Å²) >= 11 is 6.81. The summed E-state index contributed by atoms with van der Waals surface area (Å²) in [6.45, 7) is 3.78. The number of carboxylic acids is 1. The first kappa shape index (κ1) is 13.5. The zero-order valence-electron chi connectivity index (χ0n) is 9.92. The number of fused-ring (bicyclic) bond motifs is 1. The van der Waals surface area contributed by atoms with E-state index >= 15 is 0 Å². The lowest BCUT2D eigenvalue weighted by molar-refractivity contribution is 0.0698. The van der Waals surface area contributed by atoms with E-state index in [-0.39, 0.29) is 0 Å². The number of aryl methyl sites for hydroxylation is 1. The minimum absolute atomic E-state index is 0.332. The van der Waals surface area contributed by atoms with Crippen LogP contribution in [0.5, 0.6) is 0 Å². The molecule has 0 bridgehead atoms. The van der Waals surface area contributed by atoms with Crippen molar-refractivity contribution in [2.45, 2.75) is 20.3 Å². The van der Waals surface area contributed by atoms with Crippen LogP contribution >= 0.6 is 31.9 Å². The van der Waals surface area contributed by atoms with Crippen LogP contribution in [0.2, 0.25) is 0 Å². The van der Waals surface area contributed by atoms with Crippen molar-refractivity contribution in [3.63, 3.8) is 0 Å². The molecule has 0 unspecified atom stereocenters. The summed E-state index contributed by atoms with van der Waals surface area (Å²) in [6.07, 6.45) is 0.713.